The van der Waals surface area contributed by atoms with Gasteiger partial charge in [-0.3, -0.25) is 10.2 Å². The summed E-state index contributed by atoms with van der Waals surface area (Å²) in [5, 5.41) is 0. The number of amides is 1. The quantitative estimate of drug-likeness (QED) is 0.491. The normalized spacial score (nSPS) is 9.89. The van der Waals surface area contributed by atoms with E-state index in [1.54, 1.807) is 19.2 Å². The minimum absolute atomic E-state index is 0.301. The van der Waals surface area contributed by atoms with E-state index in [-0.39, 0.29) is 5.91 Å². The average molecular weight is 242 g/mol. The van der Waals surface area contributed by atoms with Crippen LogP contribution in [0.4, 0.5) is 0 Å². The van der Waals surface area contributed by atoms with Crippen molar-refractivity contribution in [1.29, 1.82) is 0 Å². The smallest absolute Gasteiger partial charge is 0.265 e. The first kappa shape index (κ1) is 12.1. The molecule has 0 heterocycles. The highest BCUT2D eigenvalue weighted by Crippen LogP contribution is 2.23. The van der Waals surface area contributed by atoms with Gasteiger partial charge in [-0.25, -0.2) is 5.84 Å². The molecule has 0 radical (unpaired) electrons. The van der Waals surface area contributed by atoms with E-state index in [0.29, 0.717) is 5.56 Å². The zero-order chi connectivity index (χ0) is 13.0. The van der Waals surface area contributed by atoms with E-state index in [9.17, 15) is 4.79 Å². The van der Waals surface area contributed by atoms with Crippen molar-refractivity contribution in [3.05, 3.63) is 54.1 Å². The van der Waals surface area contributed by atoms with Crippen molar-refractivity contribution in [1.82, 2.24) is 5.43 Å². The fourth-order valence-electron chi connectivity index (χ4n) is 1.71. The van der Waals surface area contributed by atoms with Gasteiger partial charge in [0.1, 0.15) is 5.75 Å². The number of benzene rings is 2. The maximum Gasteiger partial charge on any atom is 0.265 e. The van der Waals surface area contributed by atoms with E-state index in [0.717, 1.165) is 16.9 Å². The second-order valence-electron chi connectivity index (χ2n) is 3.78. The molecule has 0 saturated heterocycles. The highest BCUT2D eigenvalue weighted by Gasteiger charge is 2.05. The van der Waals surface area contributed by atoms with E-state index in [2.05, 4.69) is 5.43 Å². The molecule has 0 unspecified atom stereocenters. The summed E-state index contributed by atoms with van der Waals surface area (Å²) >= 11 is 0. The van der Waals surface area contributed by atoms with Crippen LogP contribution in [0.5, 0.6) is 5.75 Å². The van der Waals surface area contributed by atoms with Gasteiger partial charge in [0, 0.05) is 5.56 Å². The lowest BCUT2D eigenvalue weighted by Crippen LogP contribution is -2.29. The first-order valence-electron chi connectivity index (χ1n) is 5.50. The van der Waals surface area contributed by atoms with E-state index >= 15 is 0 Å². The predicted octanol–water partition coefficient (Wildman–Crippen LogP) is 1.97. The Hall–Kier alpha value is -2.33. The van der Waals surface area contributed by atoms with Gasteiger partial charge in [-0.1, -0.05) is 24.3 Å². The Kier molecular flexibility index (Phi) is 3.60. The third-order valence-corrected chi connectivity index (χ3v) is 2.68. The molecule has 4 nitrogen and oxygen atoms in total. The standard InChI is InChI=1S/C14H14N2O2/c1-18-13-7-5-10(6-8-13)11-3-2-4-12(9-11)14(17)16-15/h2-9H,15H2,1H3,(H,16,17). The van der Waals surface area contributed by atoms with Crippen LogP contribution < -0.4 is 16.0 Å². The van der Waals surface area contributed by atoms with Crippen molar-refractivity contribution < 1.29 is 9.53 Å². The monoisotopic (exact) mass is 242 g/mol. The Labute approximate surface area is 105 Å². The molecule has 1 amide bonds. The SMILES string of the molecule is COc1ccc(-c2cccc(C(=O)NN)c2)cc1. The topological polar surface area (TPSA) is 64.3 Å². The Morgan fingerprint density at radius 3 is 2.44 bits per heavy atom. The van der Waals surface area contributed by atoms with Crippen LogP contribution >= 0.6 is 0 Å². The van der Waals surface area contributed by atoms with Gasteiger partial charge in [0.15, 0.2) is 0 Å². The zero-order valence-corrected chi connectivity index (χ0v) is 10.0. The Balaban J connectivity index is 2.35. The first-order chi connectivity index (χ1) is 8.74. The highest BCUT2D eigenvalue weighted by atomic mass is 16.5. The molecule has 0 bridgehead atoms. The van der Waals surface area contributed by atoms with E-state index in [4.69, 9.17) is 10.6 Å². The van der Waals surface area contributed by atoms with Crippen LogP contribution in [0.2, 0.25) is 0 Å². The van der Waals surface area contributed by atoms with Crippen molar-refractivity contribution in [3.63, 3.8) is 0 Å². The summed E-state index contributed by atoms with van der Waals surface area (Å²) in [6.07, 6.45) is 0. The van der Waals surface area contributed by atoms with E-state index in [1.807, 2.05) is 36.4 Å². The second-order valence-corrected chi connectivity index (χ2v) is 3.78. The summed E-state index contributed by atoms with van der Waals surface area (Å²) in [7, 11) is 1.63. The molecular weight excluding hydrogens is 228 g/mol. The number of nitrogens with one attached hydrogen (secondary N) is 1. The van der Waals surface area contributed by atoms with Crippen LogP contribution in [0.3, 0.4) is 0 Å². The van der Waals surface area contributed by atoms with Gasteiger partial charge < -0.3 is 4.74 Å². The molecule has 3 N–H and O–H groups in total. The number of carbonyl (C=O) groups is 1. The van der Waals surface area contributed by atoms with Crippen LogP contribution in [-0.2, 0) is 0 Å². The second kappa shape index (κ2) is 5.33. The first-order valence-corrected chi connectivity index (χ1v) is 5.50. The van der Waals surface area contributed by atoms with Crippen LogP contribution in [-0.4, -0.2) is 13.0 Å². The summed E-state index contributed by atoms with van der Waals surface area (Å²) in [5.74, 6) is 5.61. The molecule has 4 heteroatoms. The lowest BCUT2D eigenvalue weighted by molar-refractivity contribution is 0.0953. The van der Waals surface area contributed by atoms with Gasteiger partial charge in [-0.15, -0.1) is 0 Å². The number of ether oxygens (including phenoxy) is 1. The third kappa shape index (κ3) is 2.49. The number of nitrogen functional groups attached to an aromatic ring is 1. The molecule has 0 fully saturated rings. The lowest BCUT2D eigenvalue weighted by Gasteiger charge is -2.06. The number of hydrogen-bond acceptors (Lipinski definition) is 3. The number of methoxy groups -OCH3 is 1. The van der Waals surface area contributed by atoms with Crippen LogP contribution in [0.25, 0.3) is 11.1 Å². The molecule has 0 aliphatic rings. The van der Waals surface area contributed by atoms with Crippen LogP contribution in [0.15, 0.2) is 48.5 Å². The van der Waals surface area contributed by atoms with Crippen LogP contribution in [0.1, 0.15) is 10.4 Å². The Morgan fingerprint density at radius 1 is 1.11 bits per heavy atom. The van der Waals surface area contributed by atoms with Gasteiger partial charge in [-0.2, -0.15) is 0 Å². The maximum atomic E-state index is 11.4. The largest absolute Gasteiger partial charge is 0.497 e. The van der Waals surface area contributed by atoms with Gasteiger partial charge >= 0.3 is 0 Å². The maximum absolute atomic E-state index is 11.4. The predicted molar refractivity (Wildman–Crippen MR) is 70.1 cm³/mol. The Bertz CT molecular complexity index is 550. The van der Waals surface area contributed by atoms with Crippen LogP contribution in [0, 0.1) is 0 Å². The van der Waals surface area contributed by atoms with Gasteiger partial charge in [0.05, 0.1) is 7.11 Å². The molecule has 0 aromatic heterocycles. The van der Waals surface area contributed by atoms with E-state index in [1.165, 1.54) is 0 Å². The fraction of sp³-hybridized carbons (Fsp3) is 0.0714. The lowest BCUT2D eigenvalue weighted by atomic mass is 10.0. The fourth-order valence-corrected chi connectivity index (χ4v) is 1.71. The number of rotatable bonds is 3. The zero-order valence-electron chi connectivity index (χ0n) is 10.0. The molecule has 18 heavy (non-hydrogen) atoms. The van der Waals surface area contributed by atoms with E-state index < -0.39 is 0 Å². The third-order valence-electron chi connectivity index (χ3n) is 2.68. The van der Waals surface area contributed by atoms with Crippen molar-refractivity contribution in [2.75, 3.05) is 7.11 Å². The minimum atomic E-state index is -0.301. The average Bonchev–Trinajstić information content (AvgIpc) is 2.46. The van der Waals surface area contributed by atoms with Crippen molar-refractivity contribution in [2.45, 2.75) is 0 Å². The molecular formula is C14H14N2O2. The molecule has 0 aliphatic heterocycles. The summed E-state index contributed by atoms with van der Waals surface area (Å²) in [6, 6.07) is 14.9. The molecule has 2 rings (SSSR count). The number of hydrogen-bond donors (Lipinski definition) is 2. The molecule has 0 spiro atoms. The van der Waals surface area contributed by atoms with Crippen molar-refractivity contribution in [3.8, 4) is 16.9 Å². The Morgan fingerprint density at radius 2 is 1.83 bits per heavy atom. The van der Waals surface area contributed by atoms with Gasteiger partial charge in [0.2, 0.25) is 0 Å². The molecule has 2 aromatic carbocycles. The molecule has 92 valence electrons. The summed E-state index contributed by atoms with van der Waals surface area (Å²) in [6.45, 7) is 0. The highest BCUT2D eigenvalue weighted by molar-refractivity contribution is 5.95. The molecule has 0 saturated carbocycles. The van der Waals surface area contributed by atoms with Gasteiger partial charge in [-0.05, 0) is 35.4 Å². The molecule has 0 aliphatic carbocycles. The summed E-state index contributed by atoms with van der Waals surface area (Å²) < 4.78 is 5.10. The minimum Gasteiger partial charge on any atom is -0.497 e. The number of hydrazine groups is 1. The number of nitrogens with two attached hydrogens (primary N) is 1. The van der Waals surface area contributed by atoms with Crippen molar-refractivity contribution in [2.24, 2.45) is 5.84 Å². The summed E-state index contributed by atoms with van der Waals surface area (Å²) in [5.41, 5.74) is 4.63. The summed E-state index contributed by atoms with van der Waals surface area (Å²) in [4.78, 5) is 11.4. The van der Waals surface area contributed by atoms with Crippen molar-refractivity contribution >= 4 is 5.91 Å². The molecule has 0 atom stereocenters. The van der Waals surface area contributed by atoms with Gasteiger partial charge in [0.25, 0.3) is 5.91 Å². The number of carbonyl (C=O) groups excluding carboxylic acids is 1. The molecule has 2 aromatic rings.